The van der Waals surface area contributed by atoms with Crippen molar-refractivity contribution in [3.8, 4) is 6.07 Å². The third-order valence-electron chi connectivity index (χ3n) is 3.64. The van der Waals surface area contributed by atoms with Gasteiger partial charge in [-0.1, -0.05) is 39.0 Å². The van der Waals surface area contributed by atoms with Crippen LogP contribution < -0.4 is 0 Å². The van der Waals surface area contributed by atoms with Crippen molar-refractivity contribution in [2.45, 2.75) is 43.3 Å². The molecule has 0 aliphatic heterocycles. The van der Waals surface area contributed by atoms with Gasteiger partial charge in [0.15, 0.2) is 0 Å². The van der Waals surface area contributed by atoms with Crippen molar-refractivity contribution < 1.29 is 0 Å². The maximum absolute atomic E-state index is 9.41. The molecule has 2 heteroatoms. The Bertz CT molecular complexity index is 418. The van der Waals surface area contributed by atoms with Crippen LogP contribution in [0.25, 0.3) is 0 Å². The highest BCUT2D eigenvalue weighted by Crippen LogP contribution is 2.55. The first-order valence-electron chi connectivity index (χ1n) is 6.10. The SMILES string of the molecule is CC(C)(C)C1CC(C#N)(Sc2ccccc2)C1. The zero-order chi connectivity index (χ0) is 12.5. The second kappa shape index (κ2) is 4.38. The van der Waals surface area contributed by atoms with Gasteiger partial charge in [0.05, 0.1) is 6.07 Å². The normalized spacial score (nSPS) is 28.2. The monoisotopic (exact) mass is 245 g/mol. The summed E-state index contributed by atoms with van der Waals surface area (Å²) in [6.07, 6.45) is 2.04. The maximum atomic E-state index is 9.41. The van der Waals surface area contributed by atoms with Crippen molar-refractivity contribution in [1.29, 1.82) is 5.26 Å². The van der Waals surface area contributed by atoms with Crippen LogP contribution in [0.15, 0.2) is 35.2 Å². The zero-order valence-corrected chi connectivity index (χ0v) is 11.6. The molecule has 0 spiro atoms. The van der Waals surface area contributed by atoms with E-state index in [4.69, 9.17) is 0 Å². The van der Waals surface area contributed by atoms with Gasteiger partial charge >= 0.3 is 0 Å². The molecule has 0 radical (unpaired) electrons. The highest BCUT2D eigenvalue weighted by Gasteiger charge is 2.49. The minimum Gasteiger partial charge on any atom is -0.197 e. The van der Waals surface area contributed by atoms with Crippen molar-refractivity contribution in [3.63, 3.8) is 0 Å². The molecule has 1 aromatic carbocycles. The fourth-order valence-corrected chi connectivity index (χ4v) is 3.62. The summed E-state index contributed by atoms with van der Waals surface area (Å²) < 4.78 is -0.181. The Balaban J connectivity index is 2.04. The molecule has 1 aromatic rings. The van der Waals surface area contributed by atoms with Crippen LogP contribution in [-0.2, 0) is 0 Å². The van der Waals surface area contributed by atoms with Crippen LogP contribution in [0.1, 0.15) is 33.6 Å². The molecule has 0 unspecified atom stereocenters. The Morgan fingerprint density at radius 3 is 2.29 bits per heavy atom. The van der Waals surface area contributed by atoms with Gasteiger partial charge in [-0.2, -0.15) is 5.26 Å². The largest absolute Gasteiger partial charge is 0.197 e. The second-order valence-electron chi connectivity index (χ2n) is 5.99. The Labute approximate surface area is 108 Å². The van der Waals surface area contributed by atoms with Crippen molar-refractivity contribution in [2.75, 3.05) is 0 Å². The molecular weight excluding hydrogens is 226 g/mol. The summed E-state index contributed by atoms with van der Waals surface area (Å²) in [7, 11) is 0. The van der Waals surface area contributed by atoms with E-state index in [0.717, 1.165) is 12.8 Å². The van der Waals surface area contributed by atoms with E-state index in [1.165, 1.54) is 4.90 Å². The van der Waals surface area contributed by atoms with Gasteiger partial charge in [0.25, 0.3) is 0 Å². The first kappa shape index (κ1) is 12.5. The zero-order valence-electron chi connectivity index (χ0n) is 10.7. The van der Waals surface area contributed by atoms with Crippen molar-refractivity contribution in [3.05, 3.63) is 30.3 Å². The summed E-state index contributed by atoms with van der Waals surface area (Å²) in [5.74, 6) is 0.679. The smallest absolute Gasteiger partial charge is 0.108 e. The Kier molecular flexibility index (Phi) is 3.23. The summed E-state index contributed by atoms with van der Waals surface area (Å²) in [6, 6.07) is 12.8. The average molecular weight is 245 g/mol. The third kappa shape index (κ3) is 2.66. The molecule has 0 N–H and O–H groups in total. The van der Waals surface area contributed by atoms with E-state index in [-0.39, 0.29) is 4.75 Å². The number of hydrogen-bond donors (Lipinski definition) is 0. The van der Waals surface area contributed by atoms with E-state index in [1.54, 1.807) is 11.8 Å². The second-order valence-corrected chi connectivity index (χ2v) is 7.45. The van der Waals surface area contributed by atoms with E-state index in [0.29, 0.717) is 11.3 Å². The number of hydrogen-bond acceptors (Lipinski definition) is 2. The lowest BCUT2D eigenvalue weighted by atomic mass is 9.63. The van der Waals surface area contributed by atoms with Crippen molar-refractivity contribution >= 4 is 11.8 Å². The number of nitriles is 1. The van der Waals surface area contributed by atoms with Crippen LogP contribution in [0.3, 0.4) is 0 Å². The lowest BCUT2D eigenvalue weighted by Gasteiger charge is -2.48. The maximum Gasteiger partial charge on any atom is 0.108 e. The van der Waals surface area contributed by atoms with Crippen LogP contribution in [0.4, 0.5) is 0 Å². The standard InChI is InChI=1S/C15H19NS/c1-14(2,3)12-9-15(10-12,11-16)17-13-7-5-4-6-8-13/h4-8,12H,9-10H2,1-3H3. The Morgan fingerprint density at radius 2 is 1.82 bits per heavy atom. The summed E-state index contributed by atoms with van der Waals surface area (Å²) in [5, 5.41) is 9.41. The van der Waals surface area contributed by atoms with Gasteiger partial charge in [0.1, 0.15) is 4.75 Å². The molecule has 0 saturated heterocycles. The summed E-state index contributed by atoms with van der Waals surface area (Å²) >= 11 is 1.74. The molecule has 0 atom stereocenters. The van der Waals surface area contributed by atoms with Crippen LogP contribution in [-0.4, -0.2) is 4.75 Å². The molecule has 1 aliphatic carbocycles. The van der Waals surface area contributed by atoms with E-state index in [9.17, 15) is 5.26 Å². The first-order chi connectivity index (χ1) is 7.95. The lowest BCUT2D eigenvalue weighted by Crippen LogP contribution is -2.45. The van der Waals surface area contributed by atoms with Gasteiger partial charge in [0.2, 0.25) is 0 Å². The topological polar surface area (TPSA) is 23.8 Å². The molecule has 1 aliphatic rings. The van der Waals surface area contributed by atoms with Gasteiger partial charge < -0.3 is 0 Å². The number of thioether (sulfide) groups is 1. The number of nitrogens with zero attached hydrogens (tertiary/aromatic N) is 1. The summed E-state index contributed by atoms with van der Waals surface area (Å²) in [6.45, 7) is 6.81. The van der Waals surface area contributed by atoms with Gasteiger partial charge in [-0.15, -0.1) is 11.8 Å². The minimum atomic E-state index is -0.181. The van der Waals surface area contributed by atoms with E-state index in [1.807, 2.05) is 18.2 Å². The summed E-state index contributed by atoms with van der Waals surface area (Å²) in [4.78, 5) is 1.21. The van der Waals surface area contributed by atoms with Crippen LogP contribution in [0.2, 0.25) is 0 Å². The molecule has 0 bridgehead atoms. The van der Waals surface area contributed by atoms with Gasteiger partial charge in [0, 0.05) is 4.90 Å². The molecule has 90 valence electrons. The average Bonchev–Trinajstić information content (AvgIpc) is 2.23. The molecule has 17 heavy (non-hydrogen) atoms. The molecular formula is C15H19NS. The van der Waals surface area contributed by atoms with Crippen molar-refractivity contribution in [2.24, 2.45) is 11.3 Å². The minimum absolute atomic E-state index is 0.181. The molecule has 0 aromatic heterocycles. The number of benzene rings is 1. The van der Waals surface area contributed by atoms with E-state index >= 15 is 0 Å². The third-order valence-corrected chi connectivity index (χ3v) is 4.96. The molecule has 1 fully saturated rings. The molecule has 2 rings (SSSR count). The lowest BCUT2D eigenvalue weighted by molar-refractivity contribution is 0.122. The fourth-order valence-electron chi connectivity index (χ4n) is 2.26. The Hall–Kier alpha value is -0.940. The van der Waals surface area contributed by atoms with Crippen molar-refractivity contribution in [1.82, 2.24) is 0 Å². The quantitative estimate of drug-likeness (QED) is 0.766. The first-order valence-corrected chi connectivity index (χ1v) is 6.92. The fraction of sp³-hybridized carbons (Fsp3) is 0.533. The van der Waals surface area contributed by atoms with Crippen LogP contribution in [0.5, 0.6) is 0 Å². The molecule has 0 heterocycles. The van der Waals surface area contributed by atoms with Gasteiger partial charge in [-0.3, -0.25) is 0 Å². The number of rotatable bonds is 2. The molecule has 1 nitrogen and oxygen atoms in total. The van der Waals surface area contributed by atoms with E-state index in [2.05, 4.69) is 39.0 Å². The predicted molar refractivity (Wildman–Crippen MR) is 72.8 cm³/mol. The molecule has 1 saturated carbocycles. The predicted octanol–water partition coefficient (Wildman–Crippen LogP) is 4.50. The van der Waals surface area contributed by atoms with Gasteiger partial charge in [-0.05, 0) is 36.3 Å². The van der Waals surface area contributed by atoms with E-state index < -0.39 is 0 Å². The summed E-state index contributed by atoms with van der Waals surface area (Å²) in [5.41, 5.74) is 0.331. The highest BCUT2D eigenvalue weighted by atomic mass is 32.2. The van der Waals surface area contributed by atoms with Crippen LogP contribution >= 0.6 is 11.8 Å². The Morgan fingerprint density at radius 1 is 1.24 bits per heavy atom. The van der Waals surface area contributed by atoms with Gasteiger partial charge in [-0.25, -0.2) is 0 Å². The van der Waals surface area contributed by atoms with Crippen LogP contribution in [0, 0.1) is 22.7 Å². The highest BCUT2D eigenvalue weighted by molar-refractivity contribution is 8.01. The molecule has 0 amide bonds.